The maximum atomic E-state index is 14.3. The molecule has 616 valence electrons. The van der Waals surface area contributed by atoms with Gasteiger partial charge in [-0.15, -0.1) is 0 Å². The molecule has 114 heavy (non-hydrogen) atoms. The molecule has 10 rings (SSSR count). The van der Waals surface area contributed by atoms with Crippen LogP contribution in [0.3, 0.4) is 0 Å². The van der Waals surface area contributed by atoms with Crippen molar-refractivity contribution in [1.82, 2.24) is 25.2 Å². The first-order valence-corrected chi connectivity index (χ1v) is 47.2. The number of carbonyl (C=O) groups is 4. The molecule has 0 saturated carbocycles. The highest BCUT2D eigenvalue weighted by molar-refractivity contribution is 8.77. The fourth-order valence-electron chi connectivity index (χ4n) is 12.6. The average molecular weight is 1750 g/mol. The number of nitrogen functional groups attached to an aromatic ring is 1. The fraction of sp³-hybridized carbons (Fsp3) is 0.414. The Hall–Kier alpha value is -7.04. The molecule has 6 aromatic rings. The van der Waals surface area contributed by atoms with Crippen LogP contribution in [0.1, 0.15) is 140 Å². The van der Waals surface area contributed by atoms with Gasteiger partial charge in [0.05, 0.1) is 65.4 Å². The van der Waals surface area contributed by atoms with Crippen LogP contribution in [0.25, 0.3) is 27.8 Å². The summed E-state index contributed by atoms with van der Waals surface area (Å²) in [6.45, 7) is 13.7. The molecule has 4 aliphatic heterocycles. The van der Waals surface area contributed by atoms with Gasteiger partial charge < -0.3 is 79.4 Å². The van der Waals surface area contributed by atoms with Crippen molar-refractivity contribution in [3.05, 3.63) is 146 Å². The van der Waals surface area contributed by atoms with Crippen LogP contribution in [0.5, 0.6) is 17.2 Å². The summed E-state index contributed by atoms with van der Waals surface area (Å²) >= 11 is 0. The van der Waals surface area contributed by atoms with Gasteiger partial charge in [0.1, 0.15) is 83.0 Å². The monoisotopic (exact) mass is 1750 g/mol. The van der Waals surface area contributed by atoms with Gasteiger partial charge in [0.15, 0.2) is 5.78 Å². The lowest BCUT2D eigenvalue weighted by atomic mass is 9.83. The number of phosphoric ester groups is 1. The van der Waals surface area contributed by atoms with Crippen LogP contribution < -0.4 is 41.7 Å². The summed E-state index contributed by atoms with van der Waals surface area (Å²) in [4.78, 5) is 105. The van der Waals surface area contributed by atoms with Gasteiger partial charge in [-0.3, -0.25) is 33.0 Å². The van der Waals surface area contributed by atoms with E-state index in [1.165, 1.54) is 56.9 Å². The van der Waals surface area contributed by atoms with Crippen molar-refractivity contribution in [3.8, 4) is 29.1 Å². The Balaban J connectivity index is 0.743. The van der Waals surface area contributed by atoms with Crippen LogP contribution >= 0.6 is 66.6 Å². The minimum Gasteiger partial charge on any atom is -0.490 e. The summed E-state index contributed by atoms with van der Waals surface area (Å²) in [7, 11) is -20.5. The molecule has 44 heteroatoms. The van der Waals surface area contributed by atoms with E-state index >= 15 is 0 Å². The molecule has 7 atom stereocenters. The zero-order chi connectivity index (χ0) is 83.3. The van der Waals surface area contributed by atoms with Gasteiger partial charge in [-0.2, -0.15) is 25.5 Å². The number of fused-ring (bicyclic) bond motifs is 5. The summed E-state index contributed by atoms with van der Waals surface area (Å²) in [6.07, 6.45) is 5.01. The molecule has 0 bridgehead atoms. The third-order valence-corrected chi connectivity index (χ3v) is 27.4. The highest BCUT2D eigenvalue weighted by atomic mass is 33.1. The third-order valence-electron chi connectivity index (χ3n) is 16.8. The summed E-state index contributed by atoms with van der Waals surface area (Å²) in [5.74, 6) is 2.22. The van der Waals surface area contributed by atoms with Crippen molar-refractivity contribution in [3.63, 3.8) is 0 Å². The molecular weight excluding hydrogens is 1670 g/mol. The van der Waals surface area contributed by atoms with Crippen LogP contribution in [-0.4, -0.2) is 192 Å². The van der Waals surface area contributed by atoms with Crippen LogP contribution in [0.15, 0.2) is 96.4 Å². The second kappa shape index (κ2) is 36.4. The number of hydrogen-bond donors (Lipinski definition) is 11. The van der Waals surface area contributed by atoms with Crippen LogP contribution in [0.2, 0.25) is 0 Å². The van der Waals surface area contributed by atoms with E-state index in [1.807, 2.05) is 27.0 Å². The van der Waals surface area contributed by atoms with E-state index in [4.69, 9.17) is 53.5 Å². The summed E-state index contributed by atoms with van der Waals surface area (Å²) in [6, 6.07) is 16.8. The standard InChI is InChI=1S/C70H83N8O27P3S6/c1-39(110-109-9)101-57-29-60(103-58(57)33-100-107(87,88)105-108(89,90)104-106(84,85)86)78-32-42(62-64(71)74-38-75-65(62)78)14-11-19-72-59(80)34-97-21-22-98-61(111-112-68(2,3)4)35-99-45-15-10-13-41(23-45)66(81)73-20-12-16-54(79)40-17-18-46(67(82)83)49(24-40)63-50-25-47-43(36-113(91,92)93)30-69(5,6)76-52(47)27-55(50)102-56-28-53-48(26-51(56)63)44(37-114(94,95)96)31-70(7,8)77-53/h10,13,15,17-18,23-28,30-32,38-39,57-58,60-61,76H,12,16,19-22,29,33-37H2,1-9H3,(H,72,80)(H,73,81)(H,82,83)(H,87,88)(H,89,90)(H2,71,74,75)(H2,84,85,86)(H,91,92,93)(H,94,95,96)/t39-,57?,58+,60+,61?/m0/s1. The van der Waals surface area contributed by atoms with Gasteiger partial charge in [-0.1, -0.05) is 100 Å². The number of anilines is 2. The van der Waals surface area contributed by atoms with Crippen molar-refractivity contribution >= 4 is 150 Å². The molecular formula is C70H83N8O27P3S6. The first-order chi connectivity index (χ1) is 53.2. The number of carboxylic acid groups (broad SMARTS) is 1. The molecule has 4 aliphatic rings. The zero-order valence-corrected chi connectivity index (χ0v) is 70.1. The predicted molar refractivity (Wildman–Crippen MR) is 428 cm³/mol. The summed E-state index contributed by atoms with van der Waals surface area (Å²) in [5.41, 5.74) is 6.12. The second-order valence-electron chi connectivity index (χ2n) is 28.2. The number of ether oxygens (including phenoxy) is 6. The van der Waals surface area contributed by atoms with Crippen molar-refractivity contribution in [2.75, 3.05) is 74.9 Å². The number of rotatable bonds is 36. The second-order valence-corrected chi connectivity index (χ2v) is 41.5. The molecule has 6 heterocycles. The van der Waals surface area contributed by atoms with Crippen LogP contribution in [0, 0.1) is 11.8 Å². The van der Waals surface area contributed by atoms with Gasteiger partial charge >= 0.3 is 29.4 Å². The van der Waals surface area contributed by atoms with E-state index in [9.17, 15) is 73.7 Å². The molecule has 4 aromatic carbocycles. The van der Waals surface area contributed by atoms with Gasteiger partial charge in [0.2, 0.25) is 5.91 Å². The normalized spacial score (nSPS) is 18.6. The zero-order valence-electron chi connectivity index (χ0n) is 62.5. The Bertz CT molecular complexity index is 5410. The number of carboxylic acids is 1. The van der Waals surface area contributed by atoms with Gasteiger partial charge in [0.25, 0.3) is 26.1 Å². The van der Waals surface area contributed by atoms with Gasteiger partial charge in [-0.25, -0.2) is 28.5 Å². The average Bonchev–Trinajstić information content (AvgIpc) is 0.918. The molecule has 0 spiro atoms. The van der Waals surface area contributed by atoms with E-state index in [2.05, 4.69) is 46.4 Å². The molecule has 35 nitrogen and oxygen atoms in total. The molecule has 12 N–H and O–H groups in total. The number of nitrogens with two attached hydrogens (primary N) is 1. The Morgan fingerprint density at radius 3 is 2.27 bits per heavy atom. The molecule has 2 amide bonds. The van der Waals surface area contributed by atoms with Crippen molar-refractivity contribution in [2.24, 2.45) is 4.99 Å². The van der Waals surface area contributed by atoms with E-state index in [0.717, 1.165) is 0 Å². The van der Waals surface area contributed by atoms with Gasteiger partial charge in [-0.05, 0) is 106 Å². The Morgan fingerprint density at radius 1 is 0.851 bits per heavy atom. The molecule has 1 fully saturated rings. The first-order valence-electron chi connectivity index (χ1n) is 34.6. The van der Waals surface area contributed by atoms with Crippen LogP contribution in [0.4, 0.5) is 11.5 Å². The largest absolute Gasteiger partial charge is 0.490 e. The smallest absolute Gasteiger partial charge is 0.490 e. The maximum absolute atomic E-state index is 14.3. The first kappa shape index (κ1) is 89.3. The molecule has 2 aromatic heterocycles. The van der Waals surface area contributed by atoms with E-state index in [1.54, 1.807) is 117 Å². The molecule has 1 saturated heterocycles. The Labute approximate surface area is 670 Å². The highest BCUT2D eigenvalue weighted by Crippen LogP contribution is 2.66. The van der Waals surface area contributed by atoms with Gasteiger partial charge in [0, 0.05) is 86.8 Å². The highest BCUT2D eigenvalue weighted by Gasteiger charge is 2.45. The number of aromatic carboxylic acids is 1. The number of nitrogens with zero attached hydrogens (tertiary/aromatic N) is 4. The minimum atomic E-state index is -5.81. The lowest BCUT2D eigenvalue weighted by Crippen LogP contribution is -2.33. The number of carbonyl (C=O) groups excluding carboxylic acids is 3. The predicted octanol–water partition coefficient (Wildman–Crippen LogP) is 9.08. The molecule has 4 unspecified atom stereocenters. The van der Waals surface area contributed by atoms with Crippen LogP contribution in [-0.2, 0) is 70.8 Å². The fourth-order valence-corrected chi connectivity index (χ4v) is 20.5. The maximum Gasteiger partial charge on any atom is 0.490 e. The number of amides is 2. The number of benzene rings is 4. The summed E-state index contributed by atoms with van der Waals surface area (Å²) in [5, 5.41) is 20.6. The molecule has 0 radical (unpaired) electrons. The van der Waals surface area contributed by atoms with Crippen molar-refractivity contribution in [2.45, 2.75) is 120 Å². The quantitative estimate of drug-likeness (QED) is 0.00331. The number of phosphoric acid groups is 3. The number of ketones is 1. The number of hydrogen-bond acceptors (Lipinski definition) is 29. The summed E-state index contributed by atoms with van der Waals surface area (Å²) < 4.78 is 157. The number of nitrogens with one attached hydrogen (secondary N) is 3. The van der Waals surface area contributed by atoms with E-state index < -0.39 is 126 Å². The Kier molecular flexibility index (Phi) is 28.6. The lowest BCUT2D eigenvalue weighted by molar-refractivity contribution is -0.126. The van der Waals surface area contributed by atoms with Crippen molar-refractivity contribution < 1.29 is 125 Å². The minimum absolute atomic E-state index is 0.00280. The van der Waals surface area contributed by atoms with E-state index in [0.29, 0.717) is 33.3 Å². The third kappa shape index (κ3) is 24.8. The van der Waals surface area contributed by atoms with Crippen molar-refractivity contribution in [1.29, 1.82) is 0 Å². The molecule has 0 aliphatic carbocycles. The number of Topliss-reactive ketones (excluding diaryl/α,β-unsaturated/α-hetero) is 1. The SMILES string of the molecule is CSS[C@@H](C)OC1C[C@H](n2cc(C#CCNC(=O)COCCOC(COc3cccc(C(=O)NCCCC(=O)c4ccc(C(=O)O)c(C5=c6cc7c(cc6Oc6cc8c(cc65)C(CS(=O)(=O)O)=CC(C)(C)N8)=NC(C)(C)C=C7CS(=O)(=O)O)c4)c3)SSC(C)(C)C)c3c(N)ncnc32)O[C@@H]1COP(=O)(O)OP(=O)(O)OP(=O)(O)O. The Morgan fingerprint density at radius 2 is 1.58 bits per heavy atom. The number of aromatic nitrogens is 3. The topological polar surface area (TPSA) is 518 Å². The van der Waals surface area contributed by atoms with E-state index in [-0.39, 0.29) is 142 Å². The lowest BCUT2D eigenvalue weighted by Gasteiger charge is -2.34.